The van der Waals surface area contributed by atoms with E-state index >= 15 is 0 Å². The van der Waals surface area contributed by atoms with Crippen molar-refractivity contribution in [2.24, 2.45) is 0 Å². The van der Waals surface area contributed by atoms with E-state index < -0.39 is 6.04 Å². The number of esters is 1. The number of hydrogen-bond donors (Lipinski definition) is 0. The molecule has 1 saturated heterocycles. The van der Waals surface area contributed by atoms with Crippen molar-refractivity contribution >= 4 is 23.5 Å². The van der Waals surface area contributed by atoms with Gasteiger partial charge in [0.05, 0.1) is 23.4 Å². The van der Waals surface area contributed by atoms with Crippen LogP contribution >= 0.6 is 11.6 Å². The standard InChI is InChI=1S/C16H21ClN2O3/c1-3-13(16(21)22-4-2)19-14(6-5-7-15(19)20)12-9-8-11(17)10-18-12/h8-10,13-14H,3-7H2,1-2H3. The zero-order chi connectivity index (χ0) is 16.1. The number of ether oxygens (including phenoxy) is 1. The molecule has 1 aliphatic heterocycles. The van der Waals surface area contributed by atoms with Crippen LogP contribution in [0.4, 0.5) is 0 Å². The maximum Gasteiger partial charge on any atom is 0.328 e. The molecule has 0 bridgehead atoms. The third-order valence-corrected chi connectivity index (χ3v) is 4.09. The molecule has 0 radical (unpaired) electrons. The minimum atomic E-state index is -0.560. The molecule has 1 amide bonds. The van der Waals surface area contributed by atoms with Crippen molar-refractivity contribution in [3.8, 4) is 0 Å². The second kappa shape index (κ2) is 7.58. The van der Waals surface area contributed by atoms with Crippen LogP contribution in [0.2, 0.25) is 5.02 Å². The summed E-state index contributed by atoms with van der Waals surface area (Å²) < 4.78 is 5.13. The molecule has 2 unspecified atom stereocenters. The van der Waals surface area contributed by atoms with E-state index in [1.807, 2.05) is 13.0 Å². The molecule has 0 N–H and O–H groups in total. The molecule has 0 aliphatic carbocycles. The van der Waals surface area contributed by atoms with E-state index in [0.717, 1.165) is 18.5 Å². The van der Waals surface area contributed by atoms with Crippen LogP contribution in [0.15, 0.2) is 18.3 Å². The summed E-state index contributed by atoms with van der Waals surface area (Å²) in [6.07, 6.45) is 4.13. The van der Waals surface area contributed by atoms with Crippen LogP contribution < -0.4 is 0 Å². The summed E-state index contributed by atoms with van der Waals surface area (Å²) in [6, 6.07) is 2.81. The Morgan fingerprint density at radius 1 is 1.50 bits per heavy atom. The minimum absolute atomic E-state index is 0.0205. The number of piperidine rings is 1. The second-order valence-electron chi connectivity index (χ2n) is 5.29. The van der Waals surface area contributed by atoms with Crippen molar-refractivity contribution in [3.63, 3.8) is 0 Å². The fourth-order valence-electron chi connectivity index (χ4n) is 2.87. The third kappa shape index (κ3) is 3.58. The number of nitrogens with zero attached hydrogens (tertiary/aromatic N) is 2. The lowest BCUT2D eigenvalue weighted by atomic mass is 9.95. The fraction of sp³-hybridized carbons (Fsp3) is 0.562. The lowest BCUT2D eigenvalue weighted by molar-refractivity contribution is -0.159. The molecule has 1 fully saturated rings. The highest BCUT2D eigenvalue weighted by atomic mass is 35.5. The molecule has 1 aromatic heterocycles. The molecule has 22 heavy (non-hydrogen) atoms. The van der Waals surface area contributed by atoms with Gasteiger partial charge in [0.2, 0.25) is 5.91 Å². The van der Waals surface area contributed by atoms with Crippen LogP contribution in [0, 0.1) is 0 Å². The highest BCUT2D eigenvalue weighted by molar-refractivity contribution is 6.30. The highest BCUT2D eigenvalue weighted by Gasteiger charge is 2.38. The summed E-state index contributed by atoms with van der Waals surface area (Å²) in [4.78, 5) is 30.6. The van der Waals surface area contributed by atoms with E-state index in [-0.39, 0.29) is 17.9 Å². The Hall–Kier alpha value is -1.62. The van der Waals surface area contributed by atoms with Gasteiger partial charge in [-0.25, -0.2) is 4.79 Å². The fourth-order valence-corrected chi connectivity index (χ4v) is 2.98. The Balaban J connectivity index is 2.31. The minimum Gasteiger partial charge on any atom is -0.464 e. The molecule has 120 valence electrons. The van der Waals surface area contributed by atoms with Crippen LogP contribution in [-0.4, -0.2) is 34.4 Å². The van der Waals surface area contributed by atoms with Crippen molar-refractivity contribution in [3.05, 3.63) is 29.0 Å². The van der Waals surface area contributed by atoms with Gasteiger partial charge >= 0.3 is 5.97 Å². The maximum absolute atomic E-state index is 12.4. The van der Waals surface area contributed by atoms with E-state index in [2.05, 4.69) is 4.98 Å². The van der Waals surface area contributed by atoms with Gasteiger partial charge in [-0.1, -0.05) is 18.5 Å². The molecule has 1 aromatic rings. The molecule has 1 aliphatic rings. The molecule has 2 rings (SSSR count). The average Bonchev–Trinajstić information content (AvgIpc) is 2.51. The van der Waals surface area contributed by atoms with Gasteiger partial charge in [-0.05, 0) is 38.3 Å². The van der Waals surface area contributed by atoms with Crippen molar-refractivity contribution in [2.75, 3.05) is 6.61 Å². The maximum atomic E-state index is 12.4. The predicted molar refractivity (Wildman–Crippen MR) is 83.4 cm³/mol. The molecule has 2 atom stereocenters. The van der Waals surface area contributed by atoms with Gasteiger partial charge in [-0.15, -0.1) is 0 Å². The number of halogens is 1. The molecule has 0 saturated carbocycles. The van der Waals surface area contributed by atoms with Crippen LogP contribution in [-0.2, 0) is 14.3 Å². The number of rotatable bonds is 5. The van der Waals surface area contributed by atoms with Gasteiger partial charge in [0.15, 0.2) is 0 Å². The van der Waals surface area contributed by atoms with Crippen molar-refractivity contribution in [2.45, 2.75) is 51.6 Å². The number of aromatic nitrogens is 1. The molecular formula is C16H21ClN2O3. The smallest absolute Gasteiger partial charge is 0.328 e. The summed E-state index contributed by atoms with van der Waals surface area (Å²) in [5.41, 5.74) is 0.764. The quantitative estimate of drug-likeness (QED) is 0.781. The van der Waals surface area contributed by atoms with Crippen molar-refractivity contribution < 1.29 is 14.3 Å². The predicted octanol–water partition coefficient (Wildman–Crippen LogP) is 3.13. The summed E-state index contributed by atoms with van der Waals surface area (Å²) in [7, 11) is 0. The van der Waals surface area contributed by atoms with E-state index in [0.29, 0.717) is 24.5 Å². The number of carbonyl (C=O) groups excluding carboxylic acids is 2. The van der Waals surface area contributed by atoms with Gasteiger partial charge in [-0.3, -0.25) is 9.78 Å². The van der Waals surface area contributed by atoms with E-state index in [1.54, 1.807) is 24.1 Å². The third-order valence-electron chi connectivity index (χ3n) is 3.86. The summed E-state index contributed by atoms with van der Waals surface area (Å²) in [5, 5.41) is 0.551. The van der Waals surface area contributed by atoms with Crippen LogP contribution in [0.25, 0.3) is 0 Å². The molecule has 5 nitrogen and oxygen atoms in total. The zero-order valence-corrected chi connectivity index (χ0v) is 13.7. The molecule has 0 spiro atoms. The monoisotopic (exact) mass is 324 g/mol. The molecule has 6 heteroatoms. The average molecular weight is 325 g/mol. The first-order valence-corrected chi connectivity index (χ1v) is 8.05. The van der Waals surface area contributed by atoms with Crippen molar-refractivity contribution in [1.82, 2.24) is 9.88 Å². The van der Waals surface area contributed by atoms with Crippen LogP contribution in [0.5, 0.6) is 0 Å². The lowest BCUT2D eigenvalue weighted by Crippen LogP contribution is -2.49. The Kier molecular flexibility index (Phi) is 5.77. The Morgan fingerprint density at radius 2 is 2.27 bits per heavy atom. The van der Waals surface area contributed by atoms with Crippen LogP contribution in [0.3, 0.4) is 0 Å². The second-order valence-corrected chi connectivity index (χ2v) is 5.72. The van der Waals surface area contributed by atoms with Gasteiger partial charge in [0.25, 0.3) is 0 Å². The van der Waals surface area contributed by atoms with Gasteiger partial charge < -0.3 is 9.64 Å². The van der Waals surface area contributed by atoms with E-state index in [4.69, 9.17) is 16.3 Å². The number of pyridine rings is 1. The molecule has 2 heterocycles. The van der Waals surface area contributed by atoms with Crippen LogP contribution in [0.1, 0.15) is 51.3 Å². The summed E-state index contributed by atoms with van der Waals surface area (Å²) in [5.74, 6) is -0.368. The van der Waals surface area contributed by atoms with Crippen molar-refractivity contribution in [1.29, 1.82) is 0 Å². The summed E-state index contributed by atoms with van der Waals surface area (Å²) >= 11 is 5.88. The first-order valence-electron chi connectivity index (χ1n) is 7.67. The Labute approximate surface area is 135 Å². The van der Waals surface area contributed by atoms with Gasteiger partial charge in [-0.2, -0.15) is 0 Å². The zero-order valence-electron chi connectivity index (χ0n) is 12.9. The normalized spacial score (nSPS) is 19.9. The Morgan fingerprint density at radius 3 is 2.86 bits per heavy atom. The molecule has 0 aromatic carbocycles. The SMILES string of the molecule is CCOC(=O)C(CC)N1C(=O)CCCC1c1ccc(Cl)cn1. The number of amides is 1. The summed E-state index contributed by atoms with van der Waals surface area (Å²) in [6.45, 7) is 3.96. The number of hydrogen-bond acceptors (Lipinski definition) is 4. The molecular weight excluding hydrogens is 304 g/mol. The lowest BCUT2D eigenvalue weighted by Gasteiger charge is -2.39. The van der Waals surface area contributed by atoms with Gasteiger partial charge in [0.1, 0.15) is 6.04 Å². The van der Waals surface area contributed by atoms with Gasteiger partial charge in [0, 0.05) is 12.6 Å². The largest absolute Gasteiger partial charge is 0.464 e. The highest BCUT2D eigenvalue weighted by Crippen LogP contribution is 2.33. The number of likely N-dealkylation sites (tertiary alicyclic amines) is 1. The first-order chi connectivity index (χ1) is 10.6. The van der Waals surface area contributed by atoms with E-state index in [1.165, 1.54) is 0 Å². The number of carbonyl (C=O) groups is 2. The first kappa shape index (κ1) is 16.7. The topological polar surface area (TPSA) is 59.5 Å². The van der Waals surface area contributed by atoms with E-state index in [9.17, 15) is 9.59 Å². The Bertz CT molecular complexity index is 533.